The van der Waals surface area contributed by atoms with Crippen LogP contribution in [0.3, 0.4) is 0 Å². The highest BCUT2D eigenvalue weighted by Gasteiger charge is 2.31. The molecule has 0 fully saturated rings. The molecule has 106 valence electrons. The zero-order valence-corrected chi connectivity index (χ0v) is 10.8. The largest absolute Gasteiger partial charge is 0.462 e. The van der Waals surface area contributed by atoms with Crippen molar-refractivity contribution in [2.75, 3.05) is 12.3 Å². The summed E-state index contributed by atoms with van der Waals surface area (Å²) in [6.07, 6.45) is -3.87. The summed E-state index contributed by atoms with van der Waals surface area (Å²) in [5.41, 5.74) is 4.30. The molecule has 0 heterocycles. The molecule has 0 aromatic heterocycles. The van der Waals surface area contributed by atoms with Crippen LogP contribution in [0.1, 0.15) is 36.2 Å². The van der Waals surface area contributed by atoms with Gasteiger partial charge in [-0.25, -0.2) is 4.79 Å². The molecule has 1 aromatic rings. The van der Waals surface area contributed by atoms with Gasteiger partial charge in [-0.05, 0) is 30.5 Å². The van der Waals surface area contributed by atoms with Crippen LogP contribution in [0.4, 0.5) is 18.9 Å². The van der Waals surface area contributed by atoms with Crippen molar-refractivity contribution < 1.29 is 22.7 Å². The molecule has 0 saturated heterocycles. The van der Waals surface area contributed by atoms with Gasteiger partial charge >= 0.3 is 12.1 Å². The van der Waals surface area contributed by atoms with Crippen molar-refractivity contribution >= 4 is 11.7 Å². The Labute approximate surface area is 109 Å². The number of anilines is 1. The van der Waals surface area contributed by atoms with Crippen LogP contribution < -0.4 is 5.73 Å². The van der Waals surface area contributed by atoms with Crippen molar-refractivity contribution in [3.8, 4) is 0 Å². The first-order chi connectivity index (χ1) is 8.71. The van der Waals surface area contributed by atoms with Gasteiger partial charge in [0.05, 0.1) is 17.7 Å². The highest BCUT2D eigenvalue weighted by atomic mass is 19.4. The maximum atomic E-state index is 12.5. The average molecular weight is 275 g/mol. The van der Waals surface area contributed by atoms with Crippen LogP contribution in [0.2, 0.25) is 0 Å². The van der Waals surface area contributed by atoms with Gasteiger partial charge in [0.1, 0.15) is 0 Å². The normalized spacial score (nSPS) is 11.7. The van der Waals surface area contributed by atoms with E-state index in [1.165, 1.54) is 0 Å². The number of esters is 1. The molecular weight excluding hydrogens is 259 g/mol. The Morgan fingerprint density at radius 2 is 2.00 bits per heavy atom. The van der Waals surface area contributed by atoms with Crippen LogP contribution in [0, 0.1) is 5.92 Å². The number of nitrogens with two attached hydrogens (primary N) is 1. The summed E-state index contributed by atoms with van der Waals surface area (Å²) < 4.78 is 42.5. The Balaban J connectivity index is 2.84. The molecule has 0 saturated carbocycles. The van der Waals surface area contributed by atoms with Crippen LogP contribution in [0.15, 0.2) is 18.2 Å². The second kappa shape index (κ2) is 5.95. The number of alkyl halides is 3. The summed E-state index contributed by atoms with van der Waals surface area (Å²) in [5.74, 6) is -0.490. The highest BCUT2D eigenvalue weighted by Crippen LogP contribution is 2.31. The number of ether oxygens (including phenoxy) is 1. The zero-order valence-electron chi connectivity index (χ0n) is 10.8. The lowest BCUT2D eigenvalue weighted by Crippen LogP contribution is -2.13. The predicted molar refractivity (Wildman–Crippen MR) is 65.6 cm³/mol. The molecule has 0 unspecified atom stereocenters. The van der Waals surface area contributed by atoms with E-state index in [1.54, 1.807) is 0 Å². The number of rotatable bonds is 4. The summed E-state index contributed by atoms with van der Waals surface area (Å²) in [4.78, 5) is 11.7. The maximum absolute atomic E-state index is 12.5. The molecule has 0 aliphatic rings. The van der Waals surface area contributed by atoms with Crippen molar-refractivity contribution in [1.29, 1.82) is 0 Å². The van der Waals surface area contributed by atoms with Gasteiger partial charge in [0, 0.05) is 5.69 Å². The lowest BCUT2D eigenvalue weighted by molar-refractivity contribution is -0.137. The van der Waals surface area contributed by atoms with Crippen molar-refractivity contribution in [2.45, 2.75) is 26.4 Å². The van der Waals surface area contributed by atoms with E-state index >= 15 is 0 Å². The van der Waals surface area contributed by atoms with E-state index in [2.05, 4.69) is 0 Å². The maximum Gasteiger partial charge on any atom is 0.416 e. The molecule has 2 N–H and O–H groups in total. The average Bonchev–Trinajstić information content (AvgIpc) is 2.27. The molecule has 0 aliphatic heterocycles. The van der Waals surface area contributed by atoms with Crippen molar-refractivity contribution in [3.63, 3.8) is 0 Å². The second-order valence-corrected chi connectivity index (χ2v) is 4.62. The number of hydrogen-bond acceptors (Lipinski definition) is 3. The van der Waals surface area contributed by atoms with Gasteiger partial charge in [-0.1, -0.05) is 13.8 Å². The molecule has 6 heteroatoms. The quantitative estimate of drug-likeness (QED) is 0.676. The number of halogens is 3. The molecule has 3 nitrogen and oxygen atoms in total. The summed E-state index contributed by atoms with van der Waals surface area (Å²) >= 11 is 0. The first-order valence-electron chi connectivity index (χ1n) is 5.85. The van der Waals surface area contributed by atoms with Gasteiger partial charge < -0.3 is 10.5 Å². The smallest absolute Gasteiger partial charge is 0.416 e. The first-order valence-corrected chi connectivity index (χ1v) is 5.85. The van der Waals surface area contributed by atoms with Gasteiger partial charge in [0.15, 0.2) is 0 Å². The minimum Gasteiger partial charge on any atom is -0.462 e. The van der Waals surface area contributed by atoms with Crippen LogP contribution in [0.5, 0.6) is 0 Å². The molecule has 0 atom stereocenters. The van der Waals surface area contributed by atoms with Gasteiger partial charge in [0.2, 0.25) is 0 Å². The van der Waals surface area contributed by atoms with E-state index in [9.17, 15) is 18.0 Å². The fraction of sp³-hybridized carbons (Fsp3) is 0.462. The van der Waals surface area contributed by atoms with Crippen LogP contribution in [-0.2, 0) is 10.9 Å². The topological polar surface area (TPSA) is 52.3 Å². The molecule has 0 spiro atoms. The van der Waals surface area contributed by atoms with E-state index in [0.29, 0.717) is 18.4 Å². The Morgan fingerprint density at radius 3 is 2.53 bits per heavy atom. The van der Waals surface area contributed by atoms with Gasteiger partial charge in [-0.3, -0.25) is 0 Å². The summed E-state index contributed by atoms with van der Waals surface area (Å²) in [6, 6.07) is 2.61. The lowest BCUT2D eigenvalue weighted by Gasteiger charge is -2.11. The molecule has 0 bridgehead atoms. The third-order valence-electron chi connectivity index (χ3n) is 2.53. The van der Waals surface area contributed by atoms with Crippen molar-refractivity contribution in [1.82, 2.24) is 0 Å². The van der Waals surface area contributed by atoms with Crippen molar-refractivity contribution in [2.24, 2.45) is 5.92 Å². The number of carbonyl (C=O) groups is 1. The fourth-order valence-corrected chi connectivity index (χ4v) is 1.37. The third kappa shape index (κ3) is 4.46. The van der Waals surface area contributed by atoms with E-state index < -0.39 is 17.7 Å². The second-order valence-electron chi connectivity index (χ2n) is 4.62. The predicted octanol–water partition coefficient (Wildman–Crippen LogP) is 3.49. The van der Waals surface area contributed by atoms with Crippen molar-refractivity contribution in [3.05, 3.63) is 29.3 Å². The minimum absolute atomic E-state index is 0.0254. The summed E-state index contributed by atoms with van der Waals surface area (Å²) in [5, 5.41) is 0. The van der Waals surface area contributed by atoms with E-state index in [0.717, 1.165) is 12.1 Å². The molecule has 1 aromatic carbocycles. The van der Waals surface area contributed by atoms with Crippen LogP contribution in [-0.4, -0.2) is 12.6 Å². The monoisotopic (exact) mass is 275 g/mol. The molecule has 0 radical (unpaired) electrons. The molecule has 19 heavy (non-hydrogen) atoms. The SMILES string of the molecule is CC(C)CCOC(=O)c1cc(C(F)(F)F)ccc1N. The lowest BCUT2D eigenvalue weighted by atomic mass is 10.1. The number of hydrogen-bond donors (Lipinski definition) is 1. The summed E-state index contributed by atoms with van der Waals surface area (Å²) in [6.45, 7) is 4.06. The number of carbonyl (C=O) groups excluding carboxylic acids is 1. The third-order valence-corrected chi connectivity index (χ3v) is 2.53. The molecule has 0 amide bonds. The Hall–Kier alpha value is -1.72. The number of benzene rings is 1. The van der Waals surface area contributed by atoms with Gasteiger partial charge in [-0.2, -0.15) is 13.2 Å². The first kappa shape index (κ1) is 15.3. The highest BCUT2D eigenvalue weighted by molar-refractivity contribution is 5.95. The fourth-order valence-electron chi connectivity index (χ4n) is 1.37. The van der Waals surface area contributed by atoms with Gasteiger partial charge in [0.25, 0.3) is 0 Å². The summed E-state index contributed by atoms with van der Waals surface area (Å²) in [7, 11) is 0. The van der Waals surface area contributed by atoms with Gasteiger partial charge in [-0.15, -0.1) is 0 Å². The molecule has 0 aliphatic carbocycles. The Morgan fingerprint density at radius 1 is 1.37 bits per heavy atom. The minimum atomic E-state index is -4.51. The zero-order chi connectivity index (χ0) is 14.6. The molecule has 1 rings (SSSR count). The Bertz CT molecular complexity index is 456. The molecular formula is C13H16F3NO2. The van der Waals surface area contributed by atoms with Crippen LogP contribution in [0.25, 0.3) is 0 Å². The number of nitrogen functional groups attached to an aromatic ring is 1. The van der Waals surface area contributed by atoms with E-state index in [1.807, 2.05) is 13.8 Å². The van der Waals surface area contributed by atoms with Crippen LogP contribution >= 0.6 is 0 Å². The standard InChI is InChI=1S/C13H16F3NO2/c1-8(2)5-6-19-12(18)10-7-9(13(14,15)16)3-4-11(10)17/h3-4,7-8H,5-6,17H2,1-2H3. The van der Waals surface area contributed by atoms with E-state index in [4.69, 9.17) is 10.5 Å². The Kier molecular flexibility index (Phi) is 4.80. The van der Waals surface area contributed by atoms with E-state index in [-0.39, 0.29) is 17.9 Å².